The van der Waals surface area contributed by atoms with Crippen LogP contribution >= 0.6 is 0 Å². The van der Waals surface area contributed by atoms with E-state index in [0.29, 0.717) is 11.1 Å². The average Bonchev–Trinajstić information content (AvgIpc) is 3.68. The standard InChI is InChI=1S/C44H26N4/c45-27-29-23-24-33(34-14-1-7-21-42(34)48-43-22-8-4-17-37(43)38-18-10-12-31(28-46)44(38)48)39(25-29)30-11-9-13-32(26-30)47-40-19-5-2-15-35(40)36-16-3-6-20-41(36)47/h1-26H. The Bertz CT molecular complexity index is 2760. The summed E-state index contributed by atoms with van der Waals surface area (Å²) in [6.45, 7) is 0. The zero-order chi connectivity index (χ0) is 32.2. The van der Waals surface area contributed by atoms with Crippen LogP contribution in [0, 0.1) is 22.7 Å². The molecule has 222 valence electrons. The van der Waals surface area contributed by atoms with Gasteiger partial charge in [-0.15, -0.1) is 0 Å². The number of nitriles is 2. The zero-order valence-electron chi connectivity index (χ0n) is 25.8. The van der Waals surface area contributed by atoms with E-state index < -0.39 is 0 Å². The van der Waals surface area contributed by atoms with Gasteiger partial charge in [0, 0.05) is 32.8 Å². The Morgan fingerprint density at radius 3 is 1.73 bits per heavy atom. The lowest BCUT2D eigenvalue weighted by Crippen LogP contribution is -2.00. The molecule has 0 aliphatic carbocycles. The summed E-state index contributed by atoms with van der Waals surface area (Å²) in [5, 5.41) is 24.8. The van der Waals surface area contributed by atoms with E-state index in [1.807, 2.05) is 42.5 Å². The van der Waals surface area contributed by atoms with Gasteiger partial charge in [0.25, 0.3) is 0 Å². The van der Waals surface area contributed by atoms with Crippen molar-refractivity contribution in [3.63, 3.8) is 0 Å². The van der Waals surface area contributed by atoms with E-state index in [4.69, 9.17) is 0 Å². The molecule has 4 heteroatoms. The molecule has 2 heterocycles. The fourth-order valence-corrected chi connectivity index (χ4v) is 7.36. The summed E-state index contributed by atoms with van der Waals surface area (Å²) in [6.07, 6.45) is 0. The van der Waals surface area contributed by atoms with Crippen LogP contribution in [0.2, 0.25) is 0 Å². The molecule has 0 saturated heterocycles. The molecule has 7 aromatic carbocycles. The highest BCUT2D eigenvalue weighted by Gasteiger charge is 2.20. The summed E-state index contributed by atoms with van der Waals surface area (Å²) >= 11 is 0. The van der Waals surface area contributed by atoms with Crippen molar-refractivity contribution in [2.75, 3.05) is 0 Å². The van der Waals surface area contributed by atoms with Gasteiger partial charge in [-0.1, -0.05) is 103 Å². The van der Waals surface area contributed by atoms with Gasteiger partial charge in [-0.3, -0.25) is 0 Å². The first-order valence-electron chi connectivity index (χ1n) is 15.9. The monoisotopic (exact) mass is 610 g/mol. The van der Waals surface area contributed by atoms with E-state index in [9.17, 15) is 10.5 Å². The van der Waals surface area contributed by atoms with Gasteiger partial charge in [-0.05, 0) is 71.3 Å². The quantitative estimate of drug-likeness (QED) is 0.199. The number of fused-ring (bicyclic) bond motifs is 6. The maximum atomic E-state index is 10.2. The van der Waals surface area contributed by atoms with E-state index in [0.717, 1.165) is 66.5 Å². The van der Waals surface area contributed by atoms with Gasteiger partial charge in [0.2, 0.25) is 0 Å². The summed E-state index contributed by atoms with van der Waals surface area (Å²) < 4.78 is 4.53. The third-order valence-corrected chi connectivity index (χ3v) is 9.39. The third kappa shape index (κ3) is 4.07. The van der Waals surface area contributed by atoms with Gasteiger partial charge in [-0.2, -0.15) is 10.5 Å². The summed E-state index contributed by atoms with van der Waals surface area (Å²) in [5.41, 5.74) is 11.4. The van der Waals surface area contributed by atoms with Crippen molar-refractivity contribution in [3.05, 3.63) is 169 Å². The van der Waals surface area contributed by atoms with Crippen LogP contribution < -0.4 is 0 Å². The Morgan fingerprint density at radius 1 is 0.417 bits per heavy atom. The Hall–Kier alpha value is -6.88. The second-order valence-corrected chi connectivity index (χ2v) is 12.0. The van der Waals surface area contributed by atoms with Crippen LogP contribution in [0.4, 0.5) is 0 Å². The molecule has 4 nitrogen and oxygen atoms in total. The Labute approximate surface area is 277 Å². The maximum Gasteiger partial charge on any atom is 0.101 e. The molecule has 0 fully saturated rings. The minimum Gasteiger partial charge on any atom is -0.309 e. The van der Waals surface area contributed by atoms with Crippen LogP contribution in [-0.2, 0) is 0 Å². The minimum atomic E-state index is 0.595. The molecule has 2 aromatic heterocycles. The predicted molar refractivity (Wildman–Crippen MR) is 195 cm³/mol. The minimum absolute atomic E-state index is 0.595. The molecule has 9 rings (SSSR count). The molecule has 0 aliphatic heterocycles. The first-order chi connectivity index (χ1) is 23.7. The highest BCUT2D eigenvalue weighted by molar-refractivity contribution is 6.12. The largest absolute Gasteiger partial charge is 0.309 e. The smallest absolute Gasteiger partial charge is 0.101 e. The summed E-state index contributed by atoms with van der Waals surface area (Å²) in [5.74, 6) is 0. The van der Waals surface area contributed by atoms with Crippen molar-refractivity contribution >= 4 is 43.6 Å². The molecule has 0 spiro atoms. The molecular formula is C44H26N4. The number of nitrogens with zero attached hydrogens (tertiary/aromatic N) is 4. The number of para-hydroxylation sites is 5. The Kier molecular flexibility index (Phi) is 6.22. The molecule has 0 radical (unpaired) electrons. The van der Waals surface area contributed by atoms with E-state index in [2.05, 4.69) is 137 Å². The molecule has 48 heavy (non-hydrogen) atoms. The topological polar surface area (TPSA) is 57.4 Å². The summed E-state index contributed by atoms with van der Waals surface area (Å²) in [6, 6.07) is 58.9. The van der Waals surface area contributed by atoms with Crippen molar-refractivity contribution in [2.24, 2.45) is 0 Å². The van der Waals surface area contributed by atoms with Crippen molar-refractivity contribution in [3.8, 4) is 45.8 Å². The van der Waals surface area contributed by atoms with Crippen molar-refractivity contribution in [2.45, 2.75) is 0 Å². The van der Waals surface area contributed by atoms with Gasteiger partial charge >= 0.3 is 0 Å². The van der Waals surface area contributed by atoms with Gasteiger partial charge in [0.1, 0.15) is 6.07 Å². The van der Waals surface area contributed by atoms with Crippen molar-refractivity contribution in [1.82, 2.24) is 9.13 Å². The first kappa shape index (κ1) is 27.4. The number of hydrogen-bond donors (Lipinski definition) is 0. The molecule has 0 unspecified atom stereocenters. The van der Waals surface area contributed by atoms with Gasteiger partial charge in [0.15, 0.2) is 0 Å². The average molecular weight is 611 g/mol. The predicted octanol–water partition coefficient (Wildman–Crippen LogP) is 11.0. The summed E-state index contributed by atoms with van der Waals surface area (Å²) in [4.78, 5) is 0. The third-order valence-electron chi connectivity index (χ3n) is 9.39. The fraction of sp³-hybridized carbons (Fsp3) is 0. The number of aromatic nitrogens is 2. The second-order valence-electron chi connectivity index (χ2n) is 12.0. The maximum absolute atomic E-state index is 10.2. The first-order valence-corrected chi connectivity index (χ1v) is 15.9. The van der Waals surface area contributed by atoms with Gasteiger partial charge < -0.3 is 9.13 Å². The number of benzene rings is 7. The fourth-order valence-electron chi connectivity index (χ4n) is 7.36. The highest BCUT2D eigenvalue weighted by atomic mass is 15.0. The zero-order valence-corrected chi connectivity index (χ0v) is 25.8. The lowest BCUT2D eigenvalue weighted by Gasteiger charge is -2.18. The molecule has 0 bridgehead atoms. The molecule has 0 amide bonds. The van der Waals surface area contributed by atoms with Crippen LogP contribution in [-0.4, -0.2) is 9.13 Å². The van der Waals surface area contributed by atoms with Gasteiger partial charge in [-0.25, -0.2) is 0 Å². The molecule has 9 aromatic rings. The molecule has 0 atom stereocenters. The van der Waals surface area contributed by atoms with E-state index in [1.54, 1.807) is 0 Å². The van der Waals surface area contributed by atoms with Crippen LogP contribution in [0.3, 0.4) is 0 Å². The lowest BCUT2D eigenvalue weighted by atomic mass is 9.91. The summed E-state index contributed by atoms with van der Waals surface area (Å²) in [7, 11) is 0. The van der Waals surface area contributed by atoms with E-state index in [1.165, 1.54) is 10.8 Å². The van der Waals surface area contributed by atoms with Crippen LogP contribution in [0.1, 0.15) is 11.1 Å². The normalized spacial score (nSPS) is 11.3. The molecule has 0 saturated carbocycles. The van der Waals surface area contributed by atoms with Gasteiger partial charge in [0.05, 0.1) is 45.0 Å². The second kappa shape index (κ2) is 10.9. The molecular weight excluding hydrogens is 585 g/mol. The van der Waals surface area contributed by atoms with E-state index in [-0.39, 0.29) is 0 Å². The van der Waals surface area contributed by atoms with Crippen LogP contribution in [0.25, 0.3) is 77.2 Å². The number of rotatable bonds is 4. The number of hydrogen-bond acceptors (Lipinski definition) is 2. The van der Waals surface area contributed by atoms with Crippen molar-refractivity contribution < 1.29 is 0 Å². The van der Waals surface area contributed by atoms with Crippen LogP contribution in [0.5, 0.6) is 0 Å². The Morgan fingerprint density at radius 2 is 1.02 bits per heavy atom. The molecule has 0 N–H and O–H groups in total. The van der Waals surface area contributed by atoms with E-state index >= 15 is 0 Å². The molecule has 0 aliphatic rings. The SMILES string of the molecule is N#Cc1ccc(-c2ccccc2-n2c3ccccc3c3cccc(C#N)c32)c(-c2cccc(-n3c4ccccc4c4ccccc43)c2)c1. The Balaban J connectivity index is 1.31. The van der Waals surface area contributed by atoms with Crippen LogP contribution in [0.15, 0.2) is 158 Å². The highest BCUT2D eigenvalue weighted by Crippen LogP contribution is 2.41. The van der Waals surface area contributed by atoms with Crippen molar-refractivity contribution in [1.29, 1.82) is 10.5 Å². The lowest BCUT2D eigenvalue weighted by molar-refractivity contribution is 1.18.